The number of aromatic nitrogens is 2. The molecule has 1 fully saturated rings. The van der Waals surface area contributed by atoms with Crippen molar-refractivity contribution in [2.45, 2.75) is 31.4 Å². The monoisotopic (exact) mass is 337 g/mol. The van der Waals surface area contributed by atoms with Gasteiger partial charge in [0.15, 0.2) is 5.01 Å². The molecule has 22 heavy (non-hydrogen) atoms. The highest BCUT2D eigenvalue weighted by molar-refractivity contribution is 7.86. The first kappa shape index (κ1) is 15.6. The quantitative estimate of drug-likeness (QED) is 0.863. The van der Waals surface area contributed by atoms with Crippen LogP contribution in [-0.4, -0.2) is 48.6 Å². The van der Waals surface area contributed by atoms with E-state index < -0.39 is 10.8 Å². The SMILES string of the molecule is CCC1(CC)CN(C(=O)c2nc3cccnc3s2)CC[S@@]1=O. The molecule has 1 saturated heterocycles. The van der Waals surface area contributed by atoms with Crippen LogP contribution in [0.5, 0.6) is 0 Å². The summed E-state index contributed by atoms with van der Waals surface area (Å²) < 4.78 is 12.1. The molecule has 2 aromatic rings. The average molecular weight is 337 g/mol. The second kappa shape index (κ2) is 6.04. The van der Waals surface area contributed by atoms with E-state index in [0.29, 0.717) is 23.8 Å². The first-order chi connectivity index (χ1) is 10.6. The number of carbonyl (C=O) groups is 1. The maximum absolute atomic E-state index is 12.7. The molecule has 0 aliphatic carbocycles. The Morgan fingerprint density at radius 2 is 2.23 bits per heavy atom. The number of rotatable bonds is 3. The molecule has 1 atom stereocenters. The molecule has 1 aliphatic rings. The molecular weight excluding hydrogens is 318 g/mol. The van der Waals surface area contributed by atoms with Gasteiger partial charge in [-0.3, -0.25) is 9.00 Å². The topological polar surface area (TPSA) is 63.2 Å². The van der Waals surface area contributed by atoms with E-state index >= 15 is 0 Å². The minimum atomic E-state index is -0.868. The van der Waals surface area contributed by atoms with Gasteiger partial charge in [0.2, 0.25) is 0 Å². The summed E-state index contributed by atoms with van der Waals surface area (Å²) in [5.41, 5.74) is 0.758. The van der Waals surface area contributed by atoms with Gasteiger partial charge in [-0.25, -0.2) is 9.97 Å². The van der Waals surface area contributed by atoms with Crippen LogP contribution in [-0.2, 0) is 10.8 Å². The highest BCUT2D eigenvalue weighted by Crippen LogP contribution is 2.30. The van der Waals surface area contributed by atoms with E-state index in [-0.39, 0.29) is 10.7 Å². The van der Waals surface area contributed by atoms with Crippen LogP contribution < -0.4 is 0 Å². The minimum absolute atomic E-state index is 0.0639. The standard InChI is InChI=1S/C15H19N3O2S2/c1-3-15(4-2)10-18(8-9-22(15)20)14(19)13-17-11-6-5-7-16-12(11)21-13/h5-7H,3-4,8-10H2,1-2H3/t22-/m0/s1. The average Bonchev–Trinajstić information content (AvgIpc) is 2.99. The summed E-state index contributed by atoms with van der Waals surface area (Å²) in [6.45, 7) is 5.19. The third kappa shape index (κ3) is 2.56. The van der Waals surface area contributed by atoms with Crippen molar-refractivity contribution in [1.29, 1.82) is 0 Å². The van der Waals surface area contributed by atoms with Crippen molar-refractivity contribution in [1.82, 2.24) is 14.9 Å². The number of fused-ring (bicyclic) bond motifs is 1. The Balaban J connectivity index is 1.87. The molecule has 3 heterocycles. The van der Waals surface area contributed by atoms with Crippen molar-refractivity contribution in [3.8, 4) is 0 Å². The second-order valence-electron chi connectivity index (χ2n) is 5.51. The van der Waals surface area contributed by atoms with Gasteiger partial charge in [-0.2, -0.15) is 0 Å². The molecule has 118 valence electrons. The van der Waals surface area contributed by atoms with E-state index in [4.69, 9.17) is 0 Å². The Morgan fingerprint density at radius 3 is 2.91 bits per heavy atom. The lowest BCUT2D eigenvalue weighted by atomic mass is 10.0. The van der Waals surface area contributed by atoms with Crippen molar-refractivity contribution in [3.63, 3.8) is 0 Å². The fourth-order valence-corrected chi connectivity index (χ4v) is 5.51. The molecule has 0 radical (unpaired) electrons. The number of pyridine rings is 1. The number of amides is 1. The minimum Gasteiger partial charge on any atom is -0.334 e. The highest BCUT2D eigenvalue weighted by atomic mass is 32.2. The third-order valence-corrected chi connectivity index (χ3v) is 7.63. The normalized spacial score (nSPS) is 21.2. The molecule has 0 spiro atoms. The predicted octanol–water partition coefficient (Wildman–Crippen LogP) is 2.45. The second-order valence-corrected chi connectivity index (χ2v) is 8.46. The summed E-state index contributed by atoms with van der Waals surface area (Å²) in [6.07, 6.45) is 3.35. The van der Waals surface area contributed by atoms with Crippen LogP contribution in [0.2, 0.25) is 0 Å². The molecule has 0 aromatic carbocycles. The zero-order valence-corrected chi connectivity index (χ0v) is 14.4. The van der Waals surface area contributed by atoms with Gasteiger partial charge in [0, 0.05) is 35.8 Å². The highest BCUT2D eigenvalue weighted by Gasteiger charge is 2.40. The largest absolute Gasteiger partial charge is 0.334 e. The van der Waals surface area contributed by atoms with E-state index in [1.807, 2.05) is 17.0 Å². The van der Waals surface area contributed by atoms with Gasteiger partial charge in [-0.1, -0.05) is 25.2 Å². The summed E-state index contributed by atoms with van der Waals surface area (Å²) in [7, 11) is -0.868. The smallest absolute Gasteiger partial charge is 0.283 e. The molecule has 0 N–H and O–H groups in total. The van der Waals surface area contributed by atoms with Gasteiger partial charge in [0.1, 0.15) is 10.3 Å². The Kier molecular flexibility index (Phi) is 4.27. The van der Waals surface area contributed by atoms with Crippen molar-refractivity contribution >= 4 is 38.4 Å². The molecule has 2 aromatic heterocycles. The molecule has 0 unspecified atom stereocenters. The summed E-state index contributed by atoms with van der Waals surface area (Å²) in [6, 6.07) is 3.68. The van der Waals surface area contributed by atoms with Crippen LogP contribution in [0.25, 0.3) is 10.3 Å². The third-order valence-electron chi connectivity index (χ3n) is 4.43. The Morgan fingerprint density at radius 1 is 1.45 bits per heavy atom. The maximum atomic E-state index is 12.7. The summed E-state index contributed by atoms with van der Waals surface area (Å²) in [4.78, 5) is 24.0. The molecule has 0 saturated carbocycles. The van der Waals surface area contributed by atoms with Crippen molar-refractivity contribution in [2.24, 2.45) is 0 Å². The fourth-order valence-electron chi connectivity index (χ4n) is 2.87. The summed E-state index contributed by atoms with van der Waals surface area (Å²) in [5, 5.41) is 0.475. The molecule has 1 aliphatic heterocycles. The van der Waals surface area contributed by atoms with E-state index in [0.717, 1.165) is 23.2 Å². The number of hydrogen-bond donors (Lipinski definition) is 0. The number of nitrogens with zero attached hydrogens (tertiary/aromatic N) is 3. The van der Waals surface area contributed by atoms with E-state index in [2.05, 4.69) is 23.8 Å². The first-order valence-electron chi connectivity index (χ1n) is 7.49. The number of hydrogen-bond acceptors (Lipinski definition) is 5. The van der Waals surface area contributed by atoms with Crippen molar-refractivity contribution in [3.05, 3.63) is 23.3 Å². The molecule has 1 amide bonds. The number of carbonyl (C=O) groups excluding carboxylic acids is 1. The van der Waals surface area contributed by atoms with Gasteiger partial charge in [-0.05, 0) is 25.0 Å². The van der Waals surface area contributed by atoms with E-state index in [1.54, 1.807) is 6.20 Å². The maximum Gasteiger partial charge on any atom is 0.283 e. The van der Waals surface area contributed by atoms with E-state index in [9.17, 15) is 9.00 Å². The molecule has 0 bridgehead atoms. The van der Waals surface area contributed by atoms with Crippen LogP contribution >= 0.6 is 11.3 Å². The van der Waals surface area contributed by atoms with Crippen LogP contribution in [0.15, 0.2) is 18.3 Å². The summed E-state index contributed by atoms with van der Waals surface area (Å²) in [5.74, 6) is 0.488. The van der Waals surface area contributed by atoms with Crippen LogP contribution in [0.1, 0.15) is 36.5 Å². The number of thiazole rings is 1. The Bertz CT molecular complexity index is 691. The lowest BCUT2D eigenvalue weighted by Gasteiger charge is -2.40. The lowest BCUT2D eigenvalue weighted by molar-refractivity contribution is 0.0736. The van der Waals surface area contributed by atoms with Crippen LogP contribution in [0.3, 0.4) is 0 Å². The Hall–Kier alpha value is -1.34. The van der Waals surface area contributed by atoms with Crippen LogP contribution in [0.4, 0.5) is 0 Å². The predicted molar refractivity (Wildman–Crippen MR) is 89.6 cm³/mol. The zero-order valence-electron chi connectivity index (χ0n) is 12.7. The lowest BCUT2D eigenvalue weighted by Crippen LogP contribution is -2.54. The fraction of sp³-hybridized carbons (Fsp3) is 0.533. The van der Waals surface area contributed by atoms with Gasteiger partial charge in [0.25, 0.3) is 5.91 Å². The van der Waals surface area contributed by atoms with Crippen LogP contribution in [0, 0.1) is 0 Å². The molecule has 7 heteroatoms. The van der Waals surface area contributed by atoms with Gasteiger partial charge in [0.05, 0.1) is 4.75 Å². The van der Waals surface area contributed by atoms with Gasteiger partial charge >= 0.3 is 0 Å². The van der Waals surface area contributed by atoms with E-state index in [1.165, 1.54) is 11.3 Å². The van der Waals surface area contributed by atoms with Gasteiger partial charge < -0.3 is 4.90 Å². The van der Waals surface area contributed by atoms with Gasteiger partial charge in [-0.15, -0.1) is 0 Å². The summed E-state index contributed by atoms with van der Waals surface area (Å²) >= 11 is 1.33. The zero-order chi connectivity index (χ0) is 15.7. The molecule has 5 nitrogen and oxygen atoms in total. The van der Waals surface area contributed by atoms with Crippen molar-refractivity contribution < 1.29 is 9.00 Å². The molecule has 3 rings (SSSR count). The molecular formula is C15H19N3O2S2. The first-order valence-corrected chi connectivity index (χ1v) is 9.62. The van der Waals surface area contributed by atoms with Crippen molar-refractivity contribution in [2.75, 3.05) is 18.8 Å². The Labute approximate surface area is 136 Å².